The van der Waals surface area contributed by atoms with Crippen LogP contribution in [0.5, 0.6) is 11.5 Å². The Morgan fingerprint density at radius 2 is 1.92 bits per heavy atom. The molecule has 5 nitrogen and oxygen atoms in total. The first-order valence-electron chi connectivity index (χ1n) is 7.74. The van der Waals surface area contributed by atoms with Crippen molar-refractivity contribution in [2.24, 2.45) is 10.7 Å². The van der Waals surface area contributed by atoms with E-state index in [1.165, 1.54) is 0 Å². The number of ether oxygens (including phenoxy) is 2. The highest BCUT2D eigenvalue weighted by atomic mass is 127. The minimum absolute atomic E-state index is 0. The zero-order valence-corrected chi connectivity index (χ0v) is 17.4. The Labute approximate surface area is 170 Å². The van der Waals surface area contributed by atoms with Crippen molar-refractivity contribution in [2.75, 3.05) is 25.6 Å². The molecule has 0 aliphatic carbocycles. The monoisotopic (exact) mass is 475 g/mol. The summed E-state index contributed by atoms with van der Waals surface area (Å²) < 4.78 is 10.7. The number of nitrogens with one attached hydrogen (secondary N) is 1. The summed E-state index contributed by atoms with van der Waals surface area (Å²) >= 11 is 6.05. The van der Waals surface area contributed by atoms with Crippen LogP contribution in [-0.2, 0) is 6.42 Å². The van der Waals surface area contributed by atoms with E-state index >= 15 is 0 Å². The number of guanidine groups is 1. The largest absolute Gasteiger partial charge is 0.497 e. The fourth-order valence-electron chi connectivity index (χ4n) is 2.20. The van der Waals surface area contributed by atoms with Gasteiger partial charge in [0, 0.05) is 17.3 Å². The molecule has 0 amide bonds. The maximum absolute atomic E-state index is 6.05. The van der Waals surface area contributed by atoms with Gasteiger partial charge in [0.15, 0.2) is 5.96 Å². The summed E-state index contributed by atoms with van der Waals surface area (Å²) in [5.41, 5.74) is 7.79. The Morgan fingerprint density at radius 3 is 2.56 bits per heavy atom. The molecule has 3 N–H and O–H groups in total. The van der Waals surface area contributed by atoms with Crippen LogP contribution in [0, 0.1) is 0 Å². The highest BCUT2D eigenvalue weighted by Gasteiger charge is 2.04. The first-order chi connectivity index (χ1) is 11.6. The first kappa shape index (κ1) is 21.4. The number of methoxy groups -OCH3 is 1. The molecule has 0 radical (unpaired) electrons. The maximum atomic E-state index is 6.05. The van der Waals surface area contributed by atoms with Crippen molar-refractivity contribution in [2.45, 2.75) is 13.3 Å². The van der Waals surface area contributed by atoms with Gasteiger partial charge < -0.3 is 20.5 Å². The number of hydrogen-bond acceptors (Lipinski definition) is 3. The summed E-state index contributed by atoms with van der Waals surface area (Å²) in [6.45, 7) is 3.10. The average molecular weight is 476 g/mol. The van der Waals surface area contributed by atoms with Crippen molar-refractivity contribution in [3.05, 3.63) is 53.1 Å². The molecule has 0 aliphatic heterocycles. The van der Waals surface area contributed by atoms with Gasteiger partial charge in [-0.15, -0.1) is 24.0 Å². The average Bonchev–Trinajstić information content (AvgIpc) is 2.58. The van der Waals surface area contributed by atoms with Crippen LogP contribution >= 0.6 is 35.6 Å². The van der Waals surface area contributed by atoms with E-state index in [1.807, 2.05) is 49.4 Å². The predicted molar refractivity (Wildman–Crippen MR) is 115 cm³/mol. The van der Waals surface area contributed by atoms with Gasteiger partial charge in [-0.05, 0) is 61.4 Å². The number of halogens is 2. The third-order valence-electron chi connectivity index (χ3n) is 3.35. The number of hydrogen-bond donors (Lipinski definition) is 2. The molecular formula is C18H23ClIN3O2. The molecule has 2 rings (SSSR count). The standard InChI is InChI=1S/C18H22ClN3O2.HI/c1-3-24-17-9-4-14(19)12-13(17)10-11-21-18(20)22-15-5-7-16(23-2)8-6-15;/h4-9,12H,3,10-11H2,1-2H3,(H3,20,21,22);1H. The second-order valence-electron chi connectivity index (χ2n) is 5.06. The van der Waals surface area contributed by atoms with Gasteiger partial charge in [0.25, 0.3) is 0 Å². The molecule has 0 saturated heterocycles. The van der Waals surface area contributed by atoms with Crippen LogP contribution < -0.4 is 20.5 Å². The molecule has 0 spiro atoms. The highest BCUT2D eigenvalue weighted by Crippen LogP contribution is 2.23. The quantitative estimate of drug-likeness (QED) is 0.355. The molecule has 0 aliphatic rings. The lowest BCUT2D eigenvalue weighted by molar-refractivity contribution is 0.336. The first-order valence-corrected chi connectivity index (χ1v) is 8.12. The zero-order chi connectivity index (χ0) is 17.4. The van der Waals surface area contributed by atoms with Crippen molar-refractivity contribution >= 4 is 47.2 Å². The minimum Gasteiger partial charge on any atom is -0.497 e. The number of rotatable bonds is 7. The fraction of sp³-hybridized carbons (Fsp3) is 0.278. The summed E-state index contributed by atoms with van der Waals surface area (Å²) in [5.74, 6) is 1.99. The normalized spacial score (nSPS) is 10.8. The van der Waals surface area contributed by atoms with Gasteiger partial charge in [-0.1, -0.05) is 11.6 Å². The lowest BCUT2D eigenvalue weighted by Gasteiger charge is -2.10. The Balaban J connectivity index is 0.00000312. The van der Waals surface area contributed by atoms with Gasteiger partial charge in [0.05, 0.1) is 13.7 Å². The maximum Gasteiger partial charge on any atom is 0.193 e. The number of nitrogens with zero attached hydrogens (tertiary/aromatic N) is 1. The van der Waals surface area contributed by atoms with Crippen LogP contribution in [0.1, 0.15) is 12.5 Å². The van der Waals surface area contributed by atoms with E-state index < -0.39 is 0 Å². The van der Waals surface area contributed by atoms with Gasteiger partial charge in [0.1, 0.15) is 11.5 Å². The second-order valence-corrected chi connectivity index (χ2v) is 5.49. The zero-order valence-electron chi connectivity index (χ0n) is 14.3. The minimum atomic E-state index is 0. The van der Waals surface area contributed by atoms with Crippen molar-refractivity contribution in [3.8, 4) is 11.5 Å². The molecule has 2 aromatic rings. The molecule has 0 heterocycles. The molecule has 25 heavy (non-hydrogen) atoms. The van der Waals surface area contributed by atoms with Crippen LogP contribution in [-0.4, -0.2) is 26.2 Å². The van der Waals surface area contributed by atoms with Crippen LogP contribution in [0.2, 0.25) is 5.02 Å². The summed E-state index contributed by atoms with van der Waals surface area (Å²) in [6.07, 6.45) is 0.695. The summed E-state index contributed by atoms with van der Waals surface area (Å²) in [7, 11) is 1.63. The lowest BCUT2D eigenvalue weighted by Crippen LogP contribution is -2.23. The van der Waals surface area contributed by atoms with Crippen LogP contribution in [0.15, 0.2) is 47.5 Å². The van der Waals surface area contributed by atoms with E-state index in [0.717, 1.165) is 22.7 Å². The Morgan fingerprint density at radius 1 is 1.20 bits per heavy atom. The molecule has 0 bridgehead atoms. The Kier molecular flexibility index (Phi) is 9.44. The molecule has 0 fully saturated rings. The summed E-state index contributed by atoms with van der Waals surface area (Å²) in [6, 6.07) is 13.1. The van der Waals surface area contributed by atoms with E-state index in [-0.39, 0.29) is 24.0 Å². The van der Waals surface area contributed by atoms with Crippen LogP contribution in [0.25, 0.3) is 0 Å². The van der Waals surface area contributed by atoms with Crippen LogP contribution in [0.4, 0.5) is 5.69 Å². The molecule has 136 valence electrons. The smallest absolute Gasteiger partial charge is 0.193 e. The third-order valence-corrected chi connectivity index (χ3v) is 3.58. The summed E-state index contributed by atoms with van der Waals surface area (Å²) in [5, 5.41) is 3.73. The van der Waals surface area contributed by atoms with Gasteiger partial charge >= 0.3 is 0 Å². The van der Waals surface area contributed by atoms with E-state index in [1.54, 1.807) is 7.11 Å². The van der Waals surface area contributed by atoms with Gasteiger partial charge in [-0.25, -0.2) is 0 Å². The SMILES string of the molecule is CCOc1ccc(Cl)cc1CCN=C(N)Nc1ccc(OC)cc1.I. The molecule has 0 aromatic heterocycles. The molecular weight excluding hydrogens is 453 g/mol. The number of aliphatic imine (C=N–C) groups is 1. The highest BCUT2D eigenvalue weighted by molar-refractivity contribution is 14.0. The molecule has 0 atom stereocenters. The van der Waals surface area contributed by atoms with Crippen molar-refractivity contribution in [1.29, 1.82) is 0 Å². The van der Waals surface area contributed by atoms with Gasteiger partial charge in [0.2, 0.25) is 0 Å². The number of anilines is 1. The fourth-order valence-corrected chi connectivity index (χ4v) is 2.39. The summed E-state index contributed by atoms with van der Waals surface area (Å²) in [4.78, 5) is 4.34. The molecule has 0 saturated carbocycles. The third kappa shape index (κ3) is 6.99. The van der Waals surface area contributed by atoms with E-state index in [9.17, 15) is 0 Å². The van der Waals surface area contributed by atoms with E-state index in [0.29, 0.717) is 30.6 Å². The van der Waals surface area contributed by atoms with E-state index in [2.05, 4.69) is 10.3 Å². The van der Waals surface area contributed by atoms with Gasteiger partial charge in [-0.3, -0.25) is 4.99 Å². The van der Waals surface area contributed by atoms with E-state index in [4.69, 9.17) is 26.8 Å². The lowest BCUT2D eigenvalue weighted by atomic mass is 10.1. The molecule has 0 unspecified atom stereocenters. The van der Waals surface area contributed by atoms with Crippen LogP contribution in [0.3, 0.4) is 0 Å². The van der Waals surface area contributed by atoms with Crippen molar-refractivity contribution < 1.29 is 9.47 Å². The topological polar surface area (TPSA) is 68.9 Å². The second kappa shape index (κ2) is 11.0. The van der Waals surface area contributed by atoms with Crippen molar-refractivity contribution in [3.63, 3.8) is 0 Å². The Bertz CT molecular complexity index is 693. The number of nitrogens with two attached hydrogens (primary N) is 1. The molecule has 7 heteroatoms. The number of benzene rings is 2. The van der Waals surface area contributed by atoms with Crippen molar-refractivity contribution in [1.82, 2.24) is 0 Å². The van der Waals surface area contributed by atoms with Gasteiger partial charge in [-0.2, -0.15) is 0 Å². The Hall–Kier alpha value is -1.67. The predicted octanol–water partition coefficient (Wildman–Crippen LogP) is 4.33. The molecule has 2 aromatic carbocycles.